The first kappa shape index (κ1) is 18.7. The molecule has 0 unspecified atom stereocenters. The van der Waals surface area contributed by atoms with Crippen LogP contribution in [0.4, 0.5) is 10.1 Å². The number of nitrogens with zero attached hydrogens (tertiary/aromatic N) is 3. The lowest BCUT2D eigenvalue weighted by molar-refractivity contribution is -0.117. The van der Waals surface area contributed by atoms with Gasteiger partial charge in [0.25, 0.3) is 5.91 Å². The number of aryl methyl sites for hydroxylation is 1. The number of nitrogens with one attached hydrogen (secondary N) is 1. The maximum atomic E-state index is 13.1. The first-order valence-electron chi connectivity index (χ1n) is 9.27. The van der Waals surface area contributed by atoms with Gasteiger partial charge in [-0.3, -0.25) is 9.59 Å². The fourth-order valence-electron chi connectivity index (χ4n) is 3.35. The van der Waals surface area contributed by atoms with Crippen molar-refractivity contribution in [2.75, 3.05) is 11.4 Å². The molecule has 1 aliphatic rings. The van der Waals surface area contributed by atoms with E-state index in [0.717, 1.165) is 5.56 Å². The van der Waals surface area contributed by atoms with Crippen LogP contribution in [0.2, 0.25) is 0 Å². The topological polar surface area (TPSA) is 75.2 Å². The number of rotatable bonds is 4. The molecule has 6 nitrogen and oxygen atoms in total. The van der Waals surface area contributed by atoms with Crippen molar-refractivity contribution in [3.8, 4) is 11.4 Å². The maximum Gasteiger partial charge on any atom is 0.254 e. The highest BCUT2D eigenvalue weighted by Crippen LogP contribution is 2.22. The monoisotopic (exact) mass is 390 g/mol. The molecule has 3 aromatic rings. The Hall–Kier alpha value is -3.61. The van der Waals surface area contributed by atoms with Crippen molar-refractivity contribution in [1.82, 2.24) is 15.3 Å². The van der Waals surface area contributed by atoms with Crippen LogP contribution in [-0.2, 0) is 4.79 Å². The van der Waals surface area contributed by atoms with E-state index in [9.17, 15) is 14.0 Å². The lowest BCUT2D eigenvalue weighted by Crippen LogP contribution is -2.37. The van der Waals surface area contributed by atoms with Gasteiger partial charge in [-0.05, 0) is 31.2 Å². The number of hydrogen-bond donors (Lipinski definition) is 1. The van der Waals surface area contributed by atoms with Crippen LogP contribution < -0.4 is 10.2 Å². The summed E-state index contributed by atoms with van der Waals surface area (Å²) in [6.07, 6.45) is 1.69. The van der Waals surface area contributed by atoms with E-state index in [2.05, 4.69) is 15.3 Å². The largest absolute Gasteiger partial charge is 0.347 e. The molecule has 4 rings (SSSR count). The second-order valence-corrected chi connectivity index (χ2v) is 6.91. The Kier molecular flexibility index (Phi) is 5.03. The summed E-state index contributed by atoms with van der Waals surface area (Å²) >= 11 is 0. The molecule has 2 heterocycles. The standard InChI is InChI=1S/C22H19FN4O2/c1-14-19(12-24-21(25-14)15-5-3-2-4-6-15)22(29)26-17-11-20(28)27(13-17)18-9-7-16(23)8-10-18/h2-10,12,17H,11,13H2,1H3,(H,26,29)/t17-/m0/s1. The Bertz CT molecular complexity index is 1050. The van der Waals surface area contributed by atoms with E-state index in [1.165, 1.54) is 18.3 Å². The molecule has 0 bridgehead atoms. The van der Waals surface area contributed by atoms with Crippen LogP contribution in [0.3, 0.4) is 0 Å². The molecule has 0 radical (unpaired) electrons. The molecular formula is C22H19FN4O2. The van der Waals surface area contributed by atoms with Gasteiger partial charge >= 0.3 is 0 Å². The second-order valence-electron chi connectivity index (χ2n) is 6.91. The molecular weight excluding hydrogens is 371 g/mol. The van der Waals surface area contributed by atoms with Gasteiger partial charge in [-0.15, -0.1) is 0 Å². The smallest absolute Gasteiger partial charge is 0.254 e. The van der Waals surface area contributed by atoms with E-state index < -0.39 is 0 Å². The minimum absolute atomic E-state index is 0.116. The van der Waals surface area contributed by atoms with Crippen molar-refractivity contribution in [3.05, 3.63) is 77.9 Å². The molecule has 7 heteroatoms. The Morgan fingerprint density at radius 3 is 2.55 bits per heavy atom. The Morgan fingerprint density at radius 2 is 1.86 bits per heavy atom. The maximum absolute atomic E-state index is 13.1. The van der Waals surface area contributed by atoms with Gasteiger partial charge in [-0.25, -0.2) is 14.4 Å². The van der Waals surface area contributed by atoms with Gasteiger partial charge in [-0.2, -0.15) is 0 Å². The number of anilines is 1. The van der Waals surface area contributed by atoms with Gasteiger partial charge in [0.2, 0.25) is 5.91 Å². The number of amides is 2. The highest BCUT2D eigenvalue weighted by atomic mass is 19.1. The molecule has 1 N–H and O–H groups in total. The van der Waals surface area contributed by atoms with Crippen LogP contribution in [0.15, 0.2) is 60.8 Å². The van der Waals surface area contributed by atoms with Crippen LogP contribution >= 0.6 is 0 Å². The number of aromatic nitrogens is 2. The zero-order valence-electron chi connectivity index (χ0n) is 15.8. The van der Waals surface area contributed by atoms with E-state index in [4.69, 9.17) is 0 Å². The van der Waals surface area contributed by atoms with Gasteiger partial charge in [0.15, 0.2) is 5.82 Å². The predicted octanol–water partition coefficient (Wildman–Crippen LogP) is 3.13. The summed E-state index contributed by atoms with van der Waals surface area (Å²) in [6.45, 7) is 2.09. The van der Waals surface area contributed by atoms with Crippen LogP contribution in [0.1, 0.15) is 22.5 Å². The van der Waals surface area contributed by atoms with Crippen molar-refractivity contribution in [3.63, 3.8) is 0 Å². The first-order valence-corrected chi connectivity index (χ1v) is 9.27. The highest BCUT2D eigenvalue weighted by molar-refractivity contribution is 5.99. The van der Waals surface area contributed by atoms with Crippen molar-refractivity contribution >= 4 is 17.5 Å². The normalized spacial score (nSPS) is 16.1. The average Bonchev–Trinajstić information content (AvgIpc) is 3.09. The zero-order valence-corrected chi connectivity index (χ0v) is 15.8. The third-order valence-corrected chi connectivity index (χ3v) is 4.85. The second kappa shape index (κ2) is 7.79. The van der Waals surface area contributed by atoms with E-state index >= 15 is 0 Å². The molecule has 2 aromatic carbocycles. The van der Waals surface area contributed by atoms with E-state index in [-0.39, 0.29) is 30.1 Å². The van der Waals surface area contributed by atoms with Gasteiger partial charge in [0, 0.05) is 30.4 Å². The molecule has 29 heavy (non-hydrogen) atoms. The average molecular weight is 390 g/mol. The minimum Gasteiger partial charge on any atom is -0.347 e. The fourth-order valence-corrected chi connectivity index (χ4v) is 3.35. The molecule has 1 atom stereocenters. The Morgan fingerprint density at radius 1 is 1.14 bits per heavy atom. The highest BCUT2D eigenvalue weighted by Gasteiger charge is 2.32. The van der Waals surface area contributed by atoms with Crippen molar-refractivity contribution in [1.29, 1.82) is 0 Å². The fraction of sp³-hybridized carbons (Fsp3) is 0.182. The molecule has 1 aromatic heterocycles. The van der Waals surface area contributed by atoms with Gasteiger partial charge in [-0.1, -0.05) is 30.3 Å². The Labute approximate surface area is 167 Å². The number of carbonyl (C=O) groups is 2. The summed E-state index contributed by atoms with van der Waals surface area (Å²) in [4.78, 5) is 35.3. The SMILES string of the molecule is Cc1nc(-c2ccccc2)ncc1C(=O)N[C@H]1CC(=O)N(c2ccc(F)cc2)C1. The third kappa shape index (κ3) is 3.99. The summed E-state index contributed by atoms with van der Waals surface area (Å²) in [7, 11) is 0. The minimum atomic E-state index is -0.361. The summed E-state index contributed by atoms with van der Waals surface area (Å²) in [5, 5.41) is 2.88. The van der Waals surface area contributed by atoms with E-state index in [0.29, 0.717) is 29.3 Å². The Balaban J connectivity index is 1.46. The van der Waals surface area contributed by atoms with E-state index in [1.807, 2.05) is 30.3 Å². The molecule has 0 spiro atoms. The van der Waals surface area contributed by atoms with Gasteiger partial charge in [0.1, 0.15) is 5.82 Å². The molecule has 1 saturated heterocycles. The number of hydrogen-bond acceptors (Lipinski definition) is 4. The summed E-state index contributed by atoms with van der Waals surface area (Å²) < 4.78 is 13.1. The lowest BCUT2D eigenvalue weighted by atomic mass is 10.1. The summed E-state index contributed by atoms with van der Waals surface area (Å²) in [5.41, 5.74) is 2.42. The summed E-state index contributed by atoms with van der Waals surface area (Å²) in [6, 6.07) is 14.9. The van der Waals surface area contributed by atoms with Crippen molar-refractivity contribution < 1.29 is 14.0 Å². The van der Waals surface area contributed by atoms with Crippen molar-refractivity contribution in [2.45, 2.75) is 19.4 Å². The molecule has 1 aliphatic heterocycles. The van der Waals surface area contributed by atoms with Crippen LogP contribution in [0.25, 0.3) is 11.4 Å². The number of benzene rings is 2. The quantitative estimate of drug-likeness (QED) is 0.743. The number of carbonyl (C=O) groups excluding carboxylic acids is 2. The molecule has 146 valence electrons. The van der Waals surface area contributed by atoms with Crippen molar-refractivity contribution in [2.24, 2.45) is 0 Å². The predicted molar refractivity (Wildman–Crippen MR) is 107 cm³/mol. The molecule has 2 amide bonds. The molecule has 1 fully saturated rings. The first-order chi connectivity index (χ1) is 14.0. The van der Waals surface area contributed by atoms with Crippen LogP contribution in [0.5, 0.6) is 0 Å². The zero-order chi connectivity index (χ0) is 20.4. The molecule has 0 aliphatic carbocycles. The third-order valence-electron chi connectivity index (χ3n) is 4.85. The van der Waals surface area contributed by atoms with Gasteiger partial charge in [0.05, 0.1) is 17.3 Å². The molecule has 0 saturated carbocycles. The summed E-state index contributed by atoms with van der Waals surface area (Å²) in [5.74, 6) is -0.243. The lowest BCUT2D eigenvalue weighted by Gasteiger charge is -2.17. The van der Waals surface area contributed by atoms with Gasteiger partial charge < -0.3 is 10.2 Å². The van der Waals surface area contributed by atoms with Crippen LogP contribution in [-0.4, -0.2) is 34.4 Å². The number of halogens is 1. The van der Waals surface area contributed by atoms with Crippen LogP contribution in [0, 0.1) is 12.7 Å². The van der Waals surface area contributed by atoms with E-state index in [1.54, 1.807) is 24.0 Å².